The Bertz CT molecular complexity index is 742. The van der Waals surface area contributed by atoms with Gasteiger partial charge >= 0.3 is 0 Å². The lowest BCUT2D eigenvalue weighted by molar-refractivity contribution is 0.559. The lowest BCUT2D eigenvalue weighted by atomic mass is 10.1. The molecule has 8 heteroatoms. The monoisotopic (exact) mass is 314 g/mol. The van der Waals surface area contributed by atoms with Crippen molar-refractivity contribution in [3.63, 3.8) is 0 Å². The molecule has 0 bridgehead atoms. The van der Waals surface area contributed by atoms with E-state index in [2.05, 4.69) is 15.4 Å². The molecule has 0 saturated carbocycles. The molecule has 0 unspecified atom stereocenters. The minimum atomic E-state index is -2.85. The lowest BCUT2D eigenvalue weighted by Gasteiger charge is -2.23. The summed E-state index contributed by atoms with van der Waals surface area (Å²) in [6.45, 7) is 0. The summed E-state index contributed by atoms with van der Waals surface area (Å²) in [5, 5.41) is 8.80. The number of anilines is 1. The molecule has 0 radical (unpaired) electrons. The van der Waals surface area contributed by atoms with E-state index in [0.717, 1.165) is 5.39 Å². The Morgan fingerprint density at radius 1 is 1.40 bits per heavy atom. The minimum absolute atomic E-state index is 0.118. The third-order valence-corrected chi connectivity index (χ3v) is 5.59. The van der Waals surface area contributed by atoms with Gasteiger partial charge in [-0.3, -0.25) is 4.68 Å². The van der Waals surface area contributed by atoms with Crippen LogP contribution in [0.15, 0.2) is 12.3 Å². The molecule has 1 aliphatic rings. The maximum Gasteiger partial charge on any atom is 0.161 e. The fourth-order valence-electron chi connectivity index (χ4n) is 2.39. The van der Waals surface area contributed by atoms with Crippen molar-refractivity contribution < 1.29 is 8.42 Å². The molecule has 1 N–H and O–H groups in total. The fourth-order valence-corrected chi connectivity index (χ4v) is 4.12. The molecule has 0 aliphatic carbocycles. The van der Waals surface area contributed by atoms with E-state index in [1.54, 1.807) is 16.9 Å². The van der Waals surface area contributed by atoms with Crippen molar-refractivity contribution in [3.05, 3.63) is 17.3 Å². The maximum atomic E-state index is 11.4. The average Bonchev–Trinajstić information content (AvgIpc) is 2.75. The van der Waals surface area contributed by atoms with Crippen molar-refractivity contribution in [1.82, 2.24) is 14.8 Å². The largest absolute Gasteiger partial charge is 0.367 e. The van der Waals surface area contributed by atoms with Crippen LogP contribution in [0.4, 0.5) is 5.82 Å². The van der Waals surface area contributed by atoms with Crippen LogP contribution in [-0.4, -0.2) is 40.7 Å². The molecule has 2 aromatic heterocycles. The van der Waals surface area contributed by atoms with E-state index in [1.807, 2.05) is 7.05 Å². The average molecular weight is 315 g/mol. The number of sulfone groups is 1. The van der Waals surface area contributed by atoms with Gasteiger partial charge in [0.1, 0.15) is 15.7 Å². The van der Waals surface area contributed by atoms with E-state index in [4.69, 9.17) is 11.6 Å². The van der Waals surface area contributed by atoms with Gasteiger partial charge in [0, 0.05) is 13.1 Å². The van der Waals surface area contributed by atoms with Crippen LogP contribution in [0.3, 0.4) is 0 Å². The number of aromatic nitrogens is 3. The molecule has 3 heterocycles. The molecular weight excluding hydrogens is 300 g/mol. The number of pyridine rings is 1. The molecule has 1 saturated heterocycles. The van der Waals surface area contributed by atoms with Crippen LogP contribution in [0.2, 0.25) is 5.02 Å². The highest BCUT2D eigenvalue weighted by molar-refractivity contribution is 7.91. The van der Waals surface area contributed by atoms with Gasteiger partial charge in [0.2, 0.25) is 0 Å². The number of fused-ring (bicyclic) bond motifs is 1. The van der Waals surface area contributed by atoms with Crippen LogP contribution < -0.4 is 5.32 Å². The predicted octanol–water partition coefficient (Wildman–Crippen LogP) is 1.61. The van der Waals surface area contributed by atoms with Gasteiger partial charge < -0.3 is 5.32 Å². The summed E-state index contributed by atoms with van der Waals surface area (Å²) in [6.07, 6.45) is 2.89. The maximum absolute atomic E-state index is 11.4. The number of hydrogen-bond donors (Lipinski definition) is 1. The van der Waals surface area contributed by atoms with Gasteiger partial charge in [0.25, 0.3) is 0 Å². The molecule has 3 rings (SSSR count). The normalized spacial score (nSPS) is 19.3. The van der Waals surface area contributed by atoms with E-state index < -0.39 is 9.84 Å². The summed E-state index contributed by atoms with van der Waals surface area (Å²) in [7, 11) is -1.04. The molecule has 108 valence electrons. The molecule has 1 fully saturated rings. The zero-order valence-corrected chi connectivity index (χ0v) is 12.6. The van der Waals surface area contributed by atoms with Crippen LogP contribution in [0, 0.1) is 0 Å². The van der Waals surface area contributed by atoms with E-state index >= 15 is 0 Å². The van der Waals surface area contributed by atoms with Gasteiger partial charge in [-0.15, -0.1) is 0 Å². The number of nitrogens with one attached hydrogen (secondary N) is 1. The zero-order valence-electron chi connectivity index (χ0n) is 11.0. The van der Waals surface area contributed by atoms with Crippen LogP contribution in [0.25, 0.3) is 11.0 Å². The lowest BCUT2D eigenvalue weighted by Crippen LogP contribution is -2.32. The topological polar surface area (TPSA) is 76.9 Å². The molecule has 6 nitrogen and oxygen atoms in total. The number of rotatable bonds is 2. The van der Waals surface area contributed by atoms with E-state index in [9.17, 15) is 8.42 Å². The Hall–Kier alpha value is -1.34. The fraction of sp³-hybridized carbons (Fsp3) is 0.500. The first-order chi connectivity index (χ1) is 9.44. The number of hydrogen-bond acceptors (Lipinski definition) is 5. The summed E-state index contributed by atoms with van der Waals surface area (Å²) in [5.41, 5.74) is 0.712. The summed E-state index contributed by atoms with van der Waals surface area (Å²) in [4.78, 5) is 4.48. The van der Waals surface area contributed by atoms with Crippen molar-refractivity contribution in [2.24, 2.45) is 7.05 Å². The van der Waals surface area contributed by atoms with Gasteiger partial charge in [0.15, 0.2) is 5.65 Å². The Morgan fingerprint density at radius 2 is 2.10 bits per heavy atom. The molecule has 0 atom stereocenters. The van der Waals surface area contributed by atoms with Gasteiger partial charge in [-0.2, -0.15) is 5.10 Å². The van der Waals surface area contributed by atoms with Crippen molar-refractivity contribution in [2.75, 3.05) is 16.8 Å². The summed E-state index contributed by atoms with van der Waals surface area (Å²) >= 11 is 6.21. The highest BCUT2D eigenvalue weighted by Gasteiger charge is 2.24. The first kappa shape index (κ1) is 13.6. The Morgan fingerprint density at radius 3 is 2.80 bits per heavy atom. The zero-order chi connectivity index (χ0) is 14.3. The second-order valence-corrected chi connectivity index (χ2v) is 7.78. The molecule has 0 amide bonds. The van der Waals surface area contributed by atoms with Crippen molar-refractivity contribution >= 4 is 38.3 Å². The standard InChI is InChI=1S/C12H15ClN4O2S/c1-17-12-9(7-14-17)10(13)6-11(16-12)15-8-2-4-20(18,19)5-3-8/h6-8H,2-5H2,1H3,(H,15,16). The van der Waals surface area contributed by atoms with Crippen molar-refractivity contribution in [3.8, 4) is 0 Å². The van der Waals surface area contributed by atoms with Gasteiger partial charge in [-0.25, -0.2) is 13.4 Å². The van der Waals surface area contributed by atoms with E-state index in [0.29, 0.717) is 29.3 Å². The quantitative estimate of drug-likeness (QED) is 0.911. The van der Waals surface area contributed by atoms with Gasteiger partial charge in [-0.05, 0) is 18.9 Å². The molecule has 2 aromatic rings. The molecular formula is C12H15ClN4O2S. The predicted molar refractivity (Wildman–Crippen MR) is 78.8 cm³/mol. The molecule has 1 aliphatic heterocycles. The van der Waals surface area contributed by atoms with Crippen molar-refractivity contribution in [1.29, 1.82) is 0 Å². The van der Waals surface area contributed by atoms with Gasteiger partial charge in [-0.1, -0.05) is 11.6 Å². The van der Waals surface area contributed by atoms with Crippen LogP contribution >= 0.6 is 11.6 Å². The second-order valence-electron chi connectivity index (χ2n) is 5.07. The number of nitrogens with zero attached hydrogens (tertiary/aromatic N) is 3. The third kappa shape index (κ3) is 2.60. The first-order valence-electron chi connectivity index (χ1n) is 6.40. The molecule has 0 spiro atoms. The van der Waals surface area contributed by atoms with Crippen LogP contribution in [0.1, 0.15) is 12.8 Å². The smallest absolute Gasteiger partial charge is 0.161 e. The van der Waals surface area contributed by atoms with Crippen LogP contribution in [-0.2, 0) is 16.9 Å². The Labute approximate surface area is 122 Å². The summed E-state index contributed by atoms with van der Waals surface area (Å²) in [6, 6.07) is 1.88. The second kappa shape index (κ2) is 4.89. The minimum Gasteiger partial charge on any atom is -0.367 e. The van der Waals surface area contributed by atoms with Crippen LogP contribution in [0.5, 0.6) is 0 Å². The first-order valence-corrected chi connectivity index (χ1v) is 8.60. The van der Waals surface area contributed by atoms with E-state index in [-0.39, 0.29) is 17.5 Å². The SMILES string of the molecule is Cn1ncc2c(Cl)cc(NC3CCS(=O)(=O)CC3)nc21. The summed E-state index contributed by atoms with van der Waals surface area (Å²) in [5.74, 6) is 1.12. The molecule has 0 aromatic carbocycles. The number of halogens is 1. The van der Waals surface area contributed by atoms with Crippen molar-refractivity contribution in [2.45, 2.75) is 18.9 Å². The third-order valence-electron chi connectivity index (χ3n) is 3.56. The Kier molecular flexibility index (Phi) is 3.33. The van der Waals surface area contributed by atoms with Gasteiger partial charge in [0.05, 0.1) is 28.1 Å². The number of aryl methyl sites for hydroxylation is 1. The van der Waals surface area contributed by atoms with E-state index in [1.165, 1.54) is 0 Å². The highest BCUT2D eigenvalue weighted by Crippen LogP contribution is 2.26. The Balaban J connectivity index is 1.83. The highest BCUT2D eigenvalue weighted by atomic mass is 35.5. The summed E-state index contributed by atoms with van der Waals surface area (Å²) < 4.78 is 24.5. The molecule has 20 heavy (non-hydrogen) atoms.